The number of likely N-dealkylation sites (tertiary alicyclic amines) is 1. The molecule has 2 saturated heterocycles. The Labute approximate surface area is 215 Å². The second kappa shape index (κ2) is 10.9. The number of carbonyl (C=O) groups excluding carboxylic acids is 2. The minimum Gasteiger partial charge on any atom is -0.463 e. The van der Waals surface area contributed by atoms with Crippen molar-refractivity contribution < 1.29 is 28.4 Å². The lowest BCUT2D eigenvalue weighted by atomic mass is 9.81. The number of nitrogens with one attached hydrogen (secondary N) is 1. The highest BCUT2D eigenvalue weighted by atomic mass is 16.7. The lowest BCUT2D eigenvalue weighted by Gasteiger charge is -2.33. The van der Waals surface area contributed by atoms with Gasteiger partial charge in [0.1, 0.15) is 11.6 Å². The van der Waals surface area contributed by atoms with Crippen molar-refractivity contribution in [1.29, 1.82) is 0 Å². The molecule has 0 aliphatic carbocycles. The van der Waals surface area contributed by atoms with Crippen LogP contribution in [0, 0.1) is 5.92 Å². The number of amides is 2. The molecule has 0 spiro atoms. The highest BCUT2D eigenvalue weighted by molar-refractivity contribution is 6.61. The summed E-state index contributed by atoms with van der Waals surface area (Å²) in [5.74, 6) is 0.359. The van der Waals surface area contributed by atoms with Gasteiger partial charge in [-0.1, -0.05) is 0 Å². The predicted molar refractivity (Wildman–Crippen MR) is 136 cm³/mol. The third-order valence-corrected chi connectivity index (χ3v) is 6.96. The van der Waals surface area contributed by atoms with Gasteiger partial charge in [-0.05, 0) is 80.6 Å². The van der Waals surface area contributed by atoms with Gasteiger partial charge >= 0.3 is 19.2 Å². The van der Waals surface area contributed by atoms with E-state index in [1.54, 1.807) is 45.0 Å². The van der Waals surface area contributed by atoms with Crippen molar-refractivity contribution in [2.45, 2.75) is 97.5 Å². The van der Waals surface area contributed by atoms with Crippen LogP contribution in [-0.2, 0) is 18.8 Å². The average Bonchev–Trinajstić information content (AvgIpc) is 2.99. The minimum absolute atomic E-state index is 0.0916. The summed E-state index contributed by atoms with van der Waals surface area (Å²) in [6.45, 7) is 16.9. The van der Waals surface area contributed by atoms with Gasteiger partial charge in [0.25, 0.3) is 0 Å². The number of alkyl carbamates (subject to hydrolysis) is 1. The SMILES string of the molecule is C[C@H](NC(=O)OC(C)(C)C)C(=O)N1CCC(CCOc2ncc(B3OC(C)(C)C(C)(C)O3)cn2)CC1. The molecule has 2 aliphatic heterocycles. The summed E-state index contributed by atoms with van der Waals surface area (Å²) in [4.78, 5) is 35.1. The number of nitrogens with zero attached hydrogens (tertiary/aromatic N) is 3. The normalized spacial score (nSPS) is 20.7. The van der Waals surface area contributed by atoms with E-state index in [2.05, 4.69) is 15.3 Å². The molecular weight excluding hydrogens is 463 g/mol. The van der Waals surface area contributed by atoms with E-state index in [9.17, 15) is 9.59 Å². The van der Waals surface area contributed by atoms with E-state index in [-0.39, 0.29) is 5.91 Å². The number of ether oxygens (including phenoxy) is 2. The largest absolute Gasteiger partial charge is 0.498 e. The summed E-state index contributed by atoms with van der Waals surface area (Å²) in [5.41, 5.74) is -0.680. The Morgan fingerprint density at radius 1 is 1.14 bits per heavy atom. The smallest absolute Gasteiger partial charge is 0.463 e. The molecule has 2 aliphatic rings. The van der Waals surface area contributed by atoms with Crippen molar-refractivity contribution in [3.63, 3.8) is 0 Å². The first-order chi connectivity index (χ1) is 16.7. The summed E-state index contributed by atoms with van der Waals surface area (Å²) >= 11 is 0. The molecule has 10 nitrogen and oxygen atoms in total. The Bertz CT molecular complexity index is 894. The van der Waals surface area contributed by atoms with Crippen LogP contribution in [-0.4, -0.2) is 76.5 Å². The summed E-state index contributed by atoms with van der Waals surface area (Å²) in [6, 6.07) is -0.304. The van der Waals surface area contributed by atoms with Crippen molar-refractivity contribution >= 4 is 24.6 Å². The van der Waals surface area contributed by atoms with Crippen LogP contribution in [0.1, 0.15) is 74.7 Å². The van der Waals surface area contributed by atoms with Gasteiger partial charge in [0, 0.05) is 30.9 Å². The maximum Gasteiger partial charge on any atom is 0.498 e. The highest BCUT2D eigenvalue weighted by Gasteiger charge is 2.52. The van der Waals surface area contributed by atoms with Crippen molar-refractivity contribution in [3.8, 4) is 6.01 Å². The fourth-order valence-electron chi connectivity index (χ4n) is 4.08. The van der Waals surface area contributed by atoms with E-state index in [0.29, 0.717) is 31.6 Å². The standard InChI is InChI=1S/C25H41BN4O6/c1-17(29-22(32)34-23(2,3)4)20(31)30-12-9-18(10-13-30)11-14-33-21-27-15-19(16-28-21)26-35-24(5,6)25(7,8)36-26/h15-18H,9-14H2,1-8H3,(H,29,32)/t17-/m0/s1. The zero-order valence-corrected chi connectivity index (χ0v) is 22.9. The van der Waals surface area contributed by atoms with E-state index in [1.807, 2.05) is 27.7 Å². The zero-order valence-electron chi connectivity index (χ0n) is 22.9. The van der Waals surface area contributed by atoms with Gasteiger partial charge in [0.15, 0.2) is 0 Å². The van der Waals surface area contributed by atoms with Crippen molar-refractivity contribution in [1.82, 2.24) is 20.2 Å². The lowest BCUT2D eigenvalue weighted by Crippen LogP contribution is -2.50. The first kappa shape index (κ1) is 28.2. The number of hydrogen-bond donors (Lipinski definition) is 1. The summed E-state index contributed by atoms with van der Waals surface area (Å²) in [5, 5.41) is 2.62. The van der Waals surface area contributed by atoms with E-state index in [0.717, 1.165) is 24.7 Å². The maximum atomic E-state index is 12.7. The van der Waals surface area contributed by atoms with E-state index < -0.39 is 36.1 Å². The fraction of sp³-hybridized carbons (Fsp3) is 0.760. The van der Waals surface area contributed by atoms with Gasteiger partial charge in [0.2, 0.25) is 5.91 Å². The molecule has 0 saturated carbocycles. The maximum absolute atomic E-state index is 12.7. The summed E-state index contributed by atoms with van der Waals surface area (Å²) < 4.78 is 23.1. The van der Waals surface area contributed by atoms with Crippen LogP contribution in [0.25, 0.3) is 0 Å². The molecule has 3 rings (SSSR count). The number of carbonyl (C=O) groups is 2. The van der Waals surface area contributed by atoms with Gasteiger partial charge in [-0.15, -0.1) is 0 Å². The van der Waals surface area contributed by atoms with Crippen molar-refractivity contribution in [2.24, 2.45) is 5.92 Å². The molecule has 2 amide bonds. The highest BCUT2D eigenvalue weighted by Crippen LogP contribution is 2.36. The topological polar surface area (TPSA) is 112 Å². The molecule has 3 heterocycles. The third kappa shape index (κ3) is 7.32. The first-order valence-corrected chi connectivity index (χ1v) is 12.8. The summed E-state index contributed by atoms with van der Waals surface area (Å²) in [7, 11) is -0.501. The molecule has 2 fully saturated rings. The van der Waals surface area contributed by atoms with Gasteiger partial charge < -0.3 is 29.0 Å². The van der Waals surface area contributed by atoms with E-state index in [1.165, 1.54) is 0 Å². The number of rotatable bonds is 7. The van der Waals surface area contributed by atoms with Gasteiger partial charge in [-0.25, -0.2) is 14.8 Å². The second-order valence-electron chi connectivity index (χ2n) is 11.7. The molecule has 0 bridgehead atoms. The molecule has 1 aromatic heterocycles. The van der Waals surface area contributed by atoms with Crippen LogP contribution in [0.5, 0.6) is 6.01 Å². The van der Waals surface area contributed by atoms with Crippen molar-refractivity contribution in [3.05, 3.63) is 12.4 Å². The van der Waals surface area contributed by atoms with Crippen molar-refractivity contribution in [2.75, 3.05) is 19.7 Å². The van der Waals surface area contributed by atoms with Gasteiger partial charge in [-0.2, -0.15) is 0 Å². The molecule has 0 radical (unpaired) electrons. The van der Waals surface area contributed by atoms with Crippen LogP contribution in [0.4, 0.5) is 4.79 Å². The Kier molecular flexibility index (Phi) is 8.55. The Balaban J connectivity index is 1.37. The molecule has 1 aromatic rings. The molecule has 0 unspecified atom stereocenters. The second-order valence-corrected chi connectivity index (χ2v) is 11.7. The third-order valence-electron chi connectivity index (χ3n) is 6.96. The molecule has 1 atom stereocenters. The number of hydrogen-bond acceptors (Lipinski definition) is 8. The number of piperidine rings is 1. The van der Waals surface area contributed by atoms with Crippen LogP contribution < -0.4 is 15.5 Å². The molecule has 200 valence electrons. The fourth-order valence-corrected chi connectivity index (χ4v) is 4.08. The first-order valence-electron chi connectivity index (χ1n) is 12.8. The zero-order chi connectivity index (χ0) is 26.7. The molecule has 36 heavy (non-hydrogen) atoms. The van der Waals surface area contributed by atoms with Crippen LogP contribution in [0.2, 0.25) is 0 Å². The van der Waals surface area contributed by atoms with Gasteiger partial charge in [0.05, 0.1) is 17.8 Å². The molecule has 1 N–H and O–H groups in total. The lowest BCUT2D eigenvalue weighted by molar-refractivity contribution is -0.134. The van der Waals surface area contributed by atoms with Gasteiger partial charge in [-0.3, -0.25) is 4.79 Å². The monoisotopic (exact) mass is 504 g/mol. The minimum atomic E-state index is -0.628. The Morgan fingerprint density at radius 3 is 2.22 bits per heavy atom. The number of aromatic nitrogens is 2. The van der Waals surface area contributed by atoms with Crippen LogP contribution in [0.3, 0.4) is 0 Å². The van der Waals surface area contributed by atoms with Crippen LogP contribution >= 0.6 is 0 Å². The average molecular weight is 504 g/mol. The summed E-state index contributed by atoms with van der Waals surface area (Å²) in [6.07, 6.45) is 5.41. The van der Waals surface area contributed by atoms with Crippen LogP contribution in [0.15, 0.2) is 12.4 Å². The molecular formula is C25H41BN4O6. The molecule has 0 aromatic carbocycles. The van der Waals surface area contributed by atoms with E-state index >= 15 is 0 Å². The van der Waals surface area contributed by atoms with E-state index in [4.69, 9.17) is 18.8 Å². The Hall–Kier alpha value is -2.40. The Morgan fingerprint density at radius 2 is 1.69 bits per heavy atom. The molecule has 11 heteroatoms. The quantitative estimate of drug-likeness (QED) is 0.565. The predicted octanol–water partition coefficient (Wildman–Crippen LogP) is 2.70.